The molecule has 9 nitrogen and oxygen atoms in total. The third-order valence-electron chi connectivity index (χ3n) is 2.09. The van der Waals surface area contributed by atoms with Gasteiger partial charge in [0, 0.05) is 51.4 Å². The van der Waals surface area contributed by atoms with Crippen molar-refractivity contribution in [3.63, 3.8) is 0 Å². The fraction of sp³-hybridized carbons (Fsp3) is 1.00. The van der Waals surface area contributed by atoms with Crippen molar-refractivity contribution in [3.8, 4) is 0 Å². The van der Waals surface area contributed by atoms with Gasteiger partial charge in [-0.3, -0.25) is 4.52 Å². The van der Waals surface area contributed by atoms with Crippen LogP contribution in [0.4, 0.5) is 0 Å². The molecule has 5 atom stereocenters. The summed E-state index contributed by atoms with van der Waals surface area (Å²) in [6, 6.07) is 0. The van der Waals surface area contributed by atoms with Crippen LogP contribution in [-0.2, 0) is 13.8 Å². The molecule has 1 fully saturated rings. The molecular weight excluding hydrogens is 286 g/mol. The van der Waals surface area contributed by atoms with Crippen molar-refractivity contribution in [3.05, 3.63) is 0 Å². The molecule has 17 heavy (non-hydrogen) atoms. The van der Waals surface area contributed by atoms with E-state index in [2.05, 4.69) is 9.26 Å². The van der Waals surface area contributed by atoms with E-state index in [9.17, 15) is 19.9 Å². The number of ether oxygens (including phenoxy) is 1. The molecular formula is C6H13KO9P. The van der Waals surface area contributed by atoms with Crippen LogP contribution in [0.3, 0.4) is 0 Å². The van der Waals surface area contributed by atoms with Gasteiger partial charge in [0.15, 0.2) is 6.29 Å². The molecule has 1 heterocycles. The minimum Gasteiger partial charge on any atom is -0.394 e. The molecule has 1 aliphatic rings. The van der Waals surface area contributed by atoms with E-state index in [1.807, 2.05) is 0 Å². The van der Waals surface area contributed by atoms with E-state index in [0.29, 0.717) is 0 Å². The van der Waals surface area contributed by atoms with Crippen molar-refractivity contribution in [1.29, 1.82) is 0 Å². The standard InChI is InChI=1S/C6H13O9P.K/c7-1-2-3(8)4(9)5(10)6(14-2)15-16(11,12)13;/h2-10H,1H2,(H2,11,12,13);/t2-,3+,4+,5-,6-;/m1./s1. The Morgan fingerprint density at radius 1 is 1.12 bits per heavy atom. The molecule has 1 rings (SSSR count). The molecule has 1 aliphatic heterocycles. The Morgan fingerprint density at radius 2 is 1.65 bits per heavy atom. The van der Waals surface area contributed by atoms with Crippen molar-refractivity contribution in [1.82, 2.24) is 0 Å². The third kappa shape index (κ3) is 5.20. The maximum Gasteiger partial charge on any atom is 0.472 e. The van der Waals surface area contributed by atoms with Gasteiger partial charge >= 0.3 is 7.82 Å². The van der Waals surface area contributed by atoms with Crippen molar-refractivity contribution >= 4 is 59.2 Å². The summed E-state index contributed by atoms with van der Waals surface area (Å²) < 4.78 is 19.2. The third-order valence-corrected chi connectivity index (χ3v) is 2.57. The summed E-state index contributed by atoms with van der Waals surface area (Å²) >= 11 is 0. The summed E-state index contributed by atoms with van der Waals surface area (Å²) in [5.41, 5.74) is 0. The summed E-state index contributed by atoms with van der Waals surface area (Å²) in [7, 11) is -4.91. The van der Waals surface area contributed by atoms with Crippen molar-refractivity contribution in [2.24, 2.45) is 0 Å². The first kappa shape index (κ1) is 18.5. The van der Waals surface area contributed by atoms with Crippen LogP contribution in [0.2, 0.25) is 0 Å². The summed E-state index contributed by atoms with van der Waals surface area (Å²) in [5.74, 6) is 0. The second-order valence-corrected chi connectivity index (χ2v) is 4.49. The first-order chi connectivity index (χ1) is 7.26. The van der Waals surface area contributed by atoms with Gasteiger partial charge in [0.2, 0.25) is 0 Å². The average Bonchev–Trinajstić information content (AvgIpc) is 2.17. The number of phosphoric ester groups is 1. The van der Waals surface area contributed by atoms with Crippen LogP contribution in [-0.4, -0.2) is 119 Å². The molecule has 0 unspecified atom stereocenters. The van der Waals surface area contributed by atoms with Crippen LogP contribution >= 0.6 is 7.82 Å². The first-order valence-corrected chi connectivity index (χ1v) is 5.83. The van der Waals surface area contributed by atoms with E-state index in [1.165, 1.54) is 0 Å². The smallest absolute Gasteiger partial charge is 0.394 e. The Kier molecular flexibility index (Phi) is 8.03. The normalized spacial score (nSPS) is 38.6. The summed E-state index contributed by atoms with van der Waals surface area (Å²) in [5, 5.41) is 36.6. The van der Waals surface area contributed by atoms with Crippen LogP contribution in [0.25, 0.3) is 0 Å². The number of aliphatic hydroxyl groups excluding tert-OH is 4. The minimum atomic E-state index is -4.91. The van der Waals surface area contributed by atoms with E-state index < -0.39 is 45.1 Å². The molecule has 0 aromatic carbocycles. The van der Waals surface area contributed by atoms with Gasteiger partial charge in [-0.2, -0.15) is 0 Å². The Labute approximate surface area is 139 Å². The molecule has 0 bridgehead atoms. The molecule has 1 saturated heterocycles. The van der Waals surface area contributed by atoms with Gasteiger partial charge in [-0.15, -0.1) is 0 Å². The quantitative estimate of drug-likeness (QED) is 0.230. The zero-order chi connectivity index (χ0) is 12.5. The fourth-order valence-corrected chi connectivity index (χ4v) is 1.73. The molecule has 1 radical (unpaired) electrons. The Balaban J connectivity index is 0.00000256. The average molecular weight is 299 g/mol. The predicted octanol–water partition coefficient (Wildman–Crippen LogP) is -3.49. The summed E-state index contributed by atoms with van der Waals surface area (Å²) in [4.78, 5) is 17.0. The van der Waals surface area contributed by atoms with Gasteiger partial charge < -0.3 is 34.9 Å². The zero-order valence-corrected chi connectivity index (χ0v) is 13.0. The molecule has 0 aliphatic carbocycles. The summed E-state index contributed by atoms with van der Waals surface area (Å²) in [6.45, 7) is -0.702. The van der Waals surface area contributed by atoms with Crippen molar-refractivity contribution in [2.75, 3.05) is 6.61 Å². The summed E-state index contributed by atoms with van der Waals surface area (Å²) in [6.07, 6.45) is -8.25. The maximum atomic E-state index is 10.5. The van der Waals surface area contributed by atoms with Crippen LogP contribution in [0.5, 0.6) is 0 Å². The minimum absolute atomic E-state index is 0. The van der Waals surface area contributed by atoms with Gasteiger partial charge in [-0.25, -0.2) is 4.57 Å². The van der Waals surface area contributed by atoms with E-state index in [1.54, 1.807) is 0 Å². The van der Waals surface area contributed by atoms with Crippen LogP contribution in [0.1, 0.15) is 0 Å². The molecule has 11 heteroatoms. The van der Waals surface area contributed by atoms with Gasteiger partial charge in [0.25, 0.3) is 0 Å². The molecule has 0 amide bonds. The van der Waals surface area contributed by atoms with Crippen LogP contribution in [0.15, 0.2) is 0 Å². The molecule has 0 saturated carbocycles. The van der Waals surface area contributed by atoms with Gasteiger partial charge in [0.05, 0.1) is 6.61 Å². The number of aliphatic hydroxyl groups is 4. The van der Waals surface area contributed by atoms with E-state index in [0.717, 1.165) is 0 Å². The molecule has 0 aromatic heterocycles. The number of hydrogen-bond donors (Lipinski definition) is 6. The van der Waals surface area contributed by atoms with E-state index in [4.69, 9.17) is 14.9 Å². The monoisotopic (exact) mass is 299 g/mol. The fourth-order valence-electron chi connectivity index (χ4n) is 1.29. The Hall–Kier alpha value is 1.55. The molecule has 97 valence electrons. The number of rotatable bonds is 3. The van der Waals surface area contributed by atoms with Crippen LogP contribution < -0.4 is 0 Å². The first-order valence-electron chi connectivity index (χ1n) is 4.30. The van der Waals surface area contributed by atoms with E-state index >= 15 is 0 Å². The largest absolute Gasteiger partial charge is 0.472 e. The van der Waals surface area contributed by atoms with Gasteiger partial charge in [-0.1, -0.05) is 0 Å². The van der Waals surface area contributed by atoms with Crippen molar-refractivity contribution in [2.45, 2.75) is 30.7 Å². The van der Waals surface area contributed by atoms with Crippen molar-refractivity contribution < 1.29 is 44.0 Å². The van der Waals surface area contributed by atoms with E-state index in [-0.39, 0.29) is 51.4 Å². The molecule has 0 aromatic rings. The molecule has 6 N–H and O–H groups in total. The van der Waals surface area contributed by atoms with Crippen LogP contribution in [0, 0.1) is 0 Å². The maximum absolute atomic E-state index is 10.5. The second kappa shape index (κ2) is 7.36. The van der Waals surface area contributed by atoms with Gasteiger partial charge in [-0.05, 0) is 0 Å². The topological polar surface area (TPSA) is 157 Å². The Morgan fingerprint density at radius 3 is 2.06 bits per heavy atom. The number of phosphoric acid groups is 1. The Bertz CT molecular complexity index is 281. The number of hydrogen-bond acceptors (Lipinski definition) is 7. The molecule has 0 spiro atoms. The SMILES string of the molecule is O=P(O)(O)O[C@H]1O[C@H](CO)[C@H](O)[C@H](O)[C@H]1O.[K]. The predicted molar refractivity (Wildman–Crippen MR) is 52.7 cm³/mol. The van der Waals surface area contributed by atoms with Gasteiger partial charge in [0.1, 0.15) is 24.4 Å². The zero-order valence-electron chi connectivity index (χ0n) is 8.95. The second-order valence-electron chi connectivity index (χ2n) is 3.29.